The number of anilines is 3. The Morgan fingerprint density at radius 3 is 2.72 bits per heavy atom. The van der Waals surface area contributed by atoms with Crippen LogP contribution < -0.4 is 10.2 Å². The first-order chi connectivity index (χ1) is 12.4. The molecule has 0 bridgehead atoms. The number of aromatic nitrogens is 2. The number of benzene rings is 1. The van der Waals surface area contributed by atoms with Crippen LogP contribution in [0.1, 0.15) is 30.0 Å². The largest absolute Gasteiger partial charge is 0.395 e. The Balaban J connectivity index is 1.73. The number of aliphatic hydroxyl groups excluding tert-OH is 1. The van der Waals surface area contributed by atoms with Gasteiger partial charge in [-0.3, -0.25) is 0 Å². The van der Waals surface area contributed by atoms with E-state index in [2.05, 4.69) is 34.5 Å². The van der Waals surface area contributed by atoms with E-state index in [1.807, 2.05) is 6.07 Å². The second-order valence-electron chi connectivity index (χ2n) is 6.51. The highest BCUT2D eigenvalue weighted by molar-refractivity contribution is 5.68. The van der Waals surface area contributed by atoms with Gasteiger partial charge >= 0.3 is 0 Å². The van der Waals surface area contributed by atoms with Crippen LogP contribution in [0.4, 0.5) is 17.5 Å². The SMILES string of the molecule is OCCNc1nc(C2CCOCC2)c2c(n1)N(c1ccccc1)CC2. The van der Waals surface area contributed by atoms with Gasteiger partial charge in [-0.15, -0.1) is 0 Å². The van der Waals surface area contributed by atoms with E-state index in [1.165, 1.54) is 5.56 Å². The molecule has 0 saturated carbocycles. The van der Waals surface area contributed by atoms with Gasteiger partial charge in [0.2, 0.25) is 5.95 Å². The van der Waals surface area contributed by atoms with E-state index in [-0.39, 0.29) is 6.61 Å². The maximum Gasteiger partial charge on any atom is 0.224 e. The Kier molecular flexibility index (Phi) is 4.81. The lowest BCUT2D eigenvalue weighted by molar-refractivity contribution is 0.0843. The van der Waals surface area contributed by atoms with E-state index in [0.717, 1.165) is 56.2 Å². The van der Waals surface area contributed by atoms with Crippen LogP contribution in [0.3, 0.4) is 0 Å². The molecule has 0 aliphatic carbocycles. The first-order valence-corrected chi connectivity index (χ1v) is 9.02. The summed E-state index contributed by atoms with van der Waals surface area (Å²) < 4.78 is 5.52. The van der Waals surface area contributed by atoms with Gasteiger partial charge in [0.25, 0.3) is 0 Å². The molecule has 0 atom stereocenters. The van der Waals surface area contributed by atoms with Crippen molar-refractivity contribution in [1.29, 1.82) is 0 Å². The maximum absolute atomic E-state index is 9.12. The zero-order valence-corrected chi connectivity index (χ0v) is 14.3. The molecule has 6 nitrogen and oxygen atoms in total. The number of para-hydroxylation sites is 1. The zero-order valence-electron chi connectivity index (χ0n) is 14.3. The topological polar surface area (TPSA) is 70.5 Å². The van der Waals surface area contributed by atoms with Crippen molar-refractivity contribution in [3.8, 4) is 0 Å². The van der Waals surface area contributed by atoms with Gasteiger partial charge in [-0.25, -0.2) is 4.98 Å². The Morgan fingerprint density at radius 2 is 1.96 bits per heavy atom. The minimum Gasteiger partial charge on any atom is -0.395 e. The Bertz CT molecular complexity index is 717. The molecule has 2 N–H and O–H groups in total. The van der Waals surface area contributed by atoms with E-state index < -0.39 is 0 Å². The molecule has 1 aromatic carbocycles. The van der Waals surface area contributed by atoms with Crippen LogP contribution in [-0.4, -0.2) is 48.0 Å². The summed E-state index contributed by atoms with van der Waals surface area (Å²) in [5, 5.41) is 12.3. The average Bonchev–Trinajstić information content (AvgIpc) is 3.11. The van der Waals surface area contributed by atoms with Crippen LogP contribution >= 0.6 is 0 Å². The third kappa shape index (κ3) is 3.32. The van der Waals surface area contributed by atoms with Crippen LogP contribution in [-0.2, 0) is 11.2 Å². The van der Waals surface area contributed by atoms with Crippen molar-refractivity contribution in [1.82, 2.24) is 9.97 Å². The molecule has 2 aromatic rings. The highest BCUT2D eigenvalue weighted by Gasteiger charge is 2.30. The van der Waals surface area contributed by atoms with Crippen molar-refractivity contribution in [2.45, 2.75) is 25.2 Å². The molecule has 0 unspecified atom stereocenters. The monoisotopic (exact) mass is 340 g/mol. The summed E-state index contributed by atoms with van der Waals surface area (Å²) in [7, 11) is 0. The molecule has 1 aromatic heterocycles. The standard InChI is InChI=1S/C19H24N4O2/c24-11-9-20-19-21-17(14-7-12-25-13-8-14)16-6-10-23(18(16)22-19)15-4-2-1-3-5-15/h1-5,14,24H,6-13H2,(H,20,21,22). The highest BCUT2D eigenvalue weighted by Crippen LogP contribution is 2.39. The number of aliphatic hydroxyl groups is 1. The molecule has 3 heterocycles. The summed E-state index contributed by atoms with van der Waals surface area (Å²) in [6.07, 6.45) is 2.99. The molecule has 132 valence electrons. The van der Waals surface area contributed by atoms with Crippen molar-refractivity contribution in [3.05, 3.63) is 41.6 Å². The van der Waals surface area contributed by atoms with Crippen LogP contribution in [0.15, 0.2) is 30.3 Å². The third-order valence-corrected chi connectivity index (χ3v) is 4.93. The molecule has 0 amide bonds. The van der Waals surface area contributed by atoms with Crippen molar-refractivity contribution in [3.63, 3.8) is 0 Å². The first-order valence-electron chi connectivity index (χ1n) is 9.02. The molecule has 25 heavy (non-hydrogen) atoms. The third-order valence-electron chi connectivity index (χ3n) is 4.93. The normalized spacial score (nSPS) is 17.6. The summed E-state index contributed by atoms with van der Waals surface area (Å²) in [6.45, 7) is 3.04. The Labute approximate surface area is 147 Å². The molecule has 1 saturated heterocycles. The second-order valence-corrected chi connectivity index (χ2v) is 6.51. The molecule has 2 aliphatic heterocycles. The summed E-state index contributed by atoms with van der Waals surface area (Å²) >= 11 is 0. The summed E-state index contributed by atoms with van der Waals surface area (Å²) in [5.41, 5.74) is 3.59. The number of nitrogens with zero attached hydrogens (tertiary/aromatic N) is 3. The number of ether oxygens (including phenoxy) is 1. The fourth-order valence-corrected chi connectivity index (χ4v) is 3.70. The van der Waals surface area contributed by atoms with Crippen LogP contribution in [0, 0.1) is 0 Å². The number of nitrogens with one attached hydrogen (secondary N) is 1. The van der Waals surface area contributed by atoms with Gasteiger partial charge in [-0.2, -0.15) is 4.98 Å². The number of hydrogen-bond acceptors (Lipinski definition) is 6. The van der Waals surface area contributed by atoms with Gasteiger partial charge in [0.15, 0.2) is 0 Å². The van der Waals surface area contributed by atoms with Gasteiger partial charge < -0.3 is 20.1 Å². The lowest BCUT2D eigenvalue weighted by Crippen LogP contribution is -2.19. The zero-order chi connectivity index (χ0) is 17.1. The minimum atomic E-state index is 0.0649. The summed E-state index contributed by atoms with van der Waals surface area (Å²) in [5.74, 6) is 2.04. The number of rotatable bonds is 5. The van der Waals surface area contributed by atoms with Crippen LogP contribution in [0.25, 0.3) is 0 Å². The van der Waals surface area contributed by atoms with E-state index >= 15 is 0 Å². The number of fused-ring (bicyclic) bond motifs is 1. The van der Waals surface area contributed by atoms with Gasteiger partial charge in [-0.05, 0) is 31.4 Å². The molecular formula is C19H24N4O2. The Hall–Kier alpha value is -2.18. The molecule has 1 fully saturated rings. The van der Waals surface area contributed by atoms with Gasteiger partial charge in [0.05, 0.1) is 12.3 Å². The lowest BCUT2D eigenvalue weighted by Gasteiger charge is -2.25. The highest BCUT2D eigenvalue weighted by atomic mass is 16.5. The van der Waals surface area contributed by atoms with Crippen molar-refractivity contribution in [2.24, 2.45) is 0 Å². The van der Waals surface area contributed by atoms with Gasteiger partial charge in [-0.1, -0.05) is 18.2 Å². The summed E-state index contributed by atoms with van der Waals surface area (Å²) in [6, 6.07) is 10.4. The van der Waals surface area contributed by atoms with Crippen molar-refractivity contribution >= 4 is 17.5 Å². The van der Waals surface area contributed by atoms with E-state index in [1.54, 1.807) is 0 Å². The molecule has 2 aliphatic rings. The van der Waals surface area contributed by atoms with E-state index in [9.17, 15) is 0 Å². The number of hydrogen-bond donors (Lipinski definition) is 2. The predicted molar refractivity (Wildman–Crippen MR) is 97.6 cm³/mol. The van der Waals surface area contributed by atoms with Gasteiger partial charge in [0.1, 0.15) is 5.82 Å². The van der Waals surface area contributed by atoms with Crippen molar-refractivity contribution < 1.29 is 9.84 Å². The summed E-state index contributed by atoms with van der Waals surface area (Å²) in [4.78, 5) is 11.9. The molecular weight excluding hydrogens is 316 g/mol. The molecule has 0 radical (unpaired) electrons. The average molecular weight is 340 g/mol. The Morgan fingerprint density at radius 1 is 1.16 bits per heavy atom. The lowest BCUT2D eigenvalue weighted by atomic mass is 9.92. The van der Waals surface area contributed by atoms with Crippen LogP contribution in [0.2, 0.25) is 0 Å². The van der Waals surface area contributed by atoms with Crippen LogP contribution in [0.5, 0.6) is 0 Å². The smallest absolute Gasteiger partial charge is 0.224 e. The molecule has 0 spiro atoms. The first kappa shape index (κ1) is 16.3. The minimum absolute atomic E-state index is 0.0649. The second kappa shape index (κ2) is 7.37. The fourth-order valence-electron chi connectivity index (χ4n) is 3.70. The van der Waals surface area contributed by atoms with Crippen molar-refractivity contribution in [2.75, 3.05) is 43.1 Å². The molecule has 6 heteroatoms. The molecule has 4 rings (SSSR count). The maximum atomic E-state index is 9.12. The quantitative estimate of drug-likeness (QED) is 0.871. The fraction of sp³-hybridized carbons (Fsp3) is 0.474. The van der Waals surface area contributed by atoms with Gasteiger partial charge in [0, 0.05) is 43.5 Å². The predicted octanol–water partition coefficient (Wildman–Crippen LogP) is 2.47. The van der Waals surface area contributed by atoms with E-state index in [0.29, 0.717) is 18.4 Å². The van der Waals surface area contributed by atoms with E-state index in [4.69, 9.17) is 19.8 Å².